The topological polar surface area (TPSA) is 33.2 Å². The number of amides is 1. The van der Waals surface area contributed by atoms with Crippen LogP contribution < -0.4 is 4.90 Å². The minimum atomic E-state index is -0.0565. The van der Waals surface area contributed by atoms with Gasteiger partial charge in [-0.15, -0.1) is 11.3 Å². The average Bonchev–Trinajstić information content (AvgIpc) is 3.19. The van der Waals surface area contributed by atoms with Crippen LogP contribution in [0.5, 0.6) is 0 Å². The summed E-state index contributed by atoms with van der Waals surface area (Å²) in [6.45, 7) is 4.02. The van der Waals surface area contributed by atoms with Gasteiger partial charge in [0.15, 0.2) is 0 Å². The third kappa shape index (κ3) is 2.96. The average molecular weight is 328 g/mol. The monoisotopic (exact) mass is 328 g/mol. The third-order valence-electron chi connectivity index (χ3n) is 3.26. The molecule has 0 bridgehead atoms. The maximum absolute atomic E-state index is 12.8. The summed E-state index contributed by atoms with van der Waals surface area (Å²) >= 11 is 3.14. The van der Waals surface area contributed by atoms with Gasteiger partial charge in [0, 0.05) is 28.1 Å². The molecule has 1 amide bonds. The molecule has 0 N–H and O–H groups in total. The lowest BCUT2D eigenvalue weighted by molar-refractivity contribution is 0.0976. The molecule has 0 unspecified atom stereocenters. The van der Waals surface area contributed by atoms with Gasteiger partial charge in [-0.1, -0.05) is 18.2 Å². The van der Waals surface area contributed by atoms with Gasteiger partial charge in [-0.05, 0) is 37.4 Å². The molecule has 1 aromatic carbocycles. The van der Waals surface area contributed by atoms with Crippen molar-refractivity contribution in [3.8, 4) is 10.6 Å². The minimum Gasteiger partial charge on any atom is -0.305 e. The lowest BCUT2D eigenvalue weighted by Crippen LogP contribution is -2.37. The highest BCUT2D eigenvalue weighted by molar-refractivity contribution is 7.14. The van der Waals surface area contributed by atoms with Crippen molar-refractivity contribution >= 4 is 34.3 Å². The number of rotatable bonds is 4. The number of anilines is 1. The molecule has 22 heavy (non-hydrogen) atoms. The SMILES string of the molecule is CC(C)N(C(=O)c1csc(-c2ccsc2)n1)c1ccccc1. The molecule has 0 fully saturated rings. The van der Waals surface area contributed by atoms with Crippen molar-refractivity contribution in [1.29, 1.82) is 0 Å². The number of carbonyl (C=O) groups is 1. The Bertz CT molecular complexity index is 748. The van der Waals surface area contributed by atoms with E-state index in [2.05, 4.69) is 4.98 Å². The fourth-order valence-corrected chi connectivity index (χ4v) is 3.76. The number of carbonyl (C=O) groups excluding carboxylic acids is 1. The highest BCUT2D eigenvalue weighted by Crippen LogP contribution is 2.27. The molecule has 0 atom stereocenters. The highest BCUT2D eigenvalue weighted by Gasteiger charge is 2.23. The van der Waals surface area contributed by atoms with Crippen molar-refractivity contribution in [2.24, 2.45) is 0 Å². The molecule has 3 nitrogen and oxygen atoms in total. The molecule has 0 aliphatic rings. The molecule has 3 rings (SSSR count). The lowest BCUT2D eigenvalue weighted by atomic mass is 10.2. The number of para-hydroxylation sites is 1. The summed E-state index contributed by atoms with van der Waals surface area (Å²) in [6.07, 6.45) is 0. The maximum atomic E-state index is 12.8. The van der Waals surface area contributed by atoms with Gasteiger partial charge in [0.2, 0.25) is 0 Å². The zero-order valence-electron chi connectivity index (χ0n) is 12.4. The summed E-state index contributed by atoms with van der Waals surface area (Å²) in [5, 5.41) is 6.79. The Balaban J connectivity index is 1.91. The van der Waals surface area contributed by atoms with E-state index in [1.807, 2.05) is 66.4 Å². The maximum Gasteiger partial charge on any atom is 0.277 e. The second kappa shape index (κ2) is 6.42. The van der Waals surface area contributed by atoms with E-state index in [0.29, 0.717) is 5.69 Å². The van der Waals surface area contributed by atoms with Crippen molar-refractivity contribution in [3.05, 3.63) is 58.2 Å². The van der Waals surface area contributed by atoms with Crippen LogP contribution in [0.4, 0.5) is 5.69 Å². The number of nitrogens with zero attached hydrogens (tertiary/aromatic N) is 2. The molecule has 0 aliphatic carbocycles. The summed E-state index contributed by atoms with van der Waals surface area (Å²) in [4.78, 5) is 19.1. The number of aromatic nitrogens is 1. The molecule has 0 aliphatic heterocycles. The number of benzene rings is 1. The van der Waals surface area contributed by atoms with E-state index in [9.17, 15) is 4.79 Å². The number of hydrogen-bond donors (Lipinski definition) is 0. The molecular weight excluding hydrogens is 312 g/mol. The minimum absolute atomic E-state index is 0.0565. The van der Waals surface area contributed by atoms with E-state index in [-0.39, 0.29) is 11.9 Å². The largest absolute Gasteiger partial charge is 0.305 e. The molecule has 3 aromatic rings. The van der Waals surface area contributed by atoms with Gasteiger partial charge in [-0.3, -0.25) is 4.79 Å². The summed E-state index contributed by atoms with van der Waals surface area (Å²) in [5.74, 6) is -0.0565. The summed E-state index contributed by atoms with van der Waals surface area (Å²) in [7, 11) is 0. The van der Waals surface area contributed by atoms with Crippen molar-refractivity contribution in [3.63, 3.8) is 0 Å². The molecule has 0 saturated carbocycles. The van der Waals surface area contributed by atoms with E-state index < -0.39 is 0 Å². The van der Waals surface area contributed by atoms with Crippen LogP contribution >= 0.6 is 22.7 Å². The smallest absolute Gasteiger partial charge is 0.277 e. The van der Waals surface area contributed by atoms with E-state index in [1.165, 1.54) is 11.3 Å². The first kappa shape index (κ1) is 14.9. The Kier molecular flexibility index (Phi) is 4.36. The van der Waals surface area contributed by atoms with Gasteiger partial charge in [0.25, 0.3) is 5.91 Å². The second-order valence-electron chi connectivity index (χ2n) is 5.15. The quantitative estimate of drug-likeness (QED) is 0.680. The van der Waals surface area contributed by atoms with E-state index in [4.69, 9.17) is 0 Å². The summed E-state index contributed by atoms with van der Waals surface area (Å²) in [6, 6.07) is 11.8. The van der Waals surface area contributed by atoms with Gasteiger partial charge < -0.3 is 4.90 Å². The van der Waals surface area contributed by atoms with Crippen LogP contribution in [0, 0.1) is 0 Å². The Labute approximate surface area is 137 Å². The number of thiophene rings is 1. The van der Waals surface area contributed by atoms with Crippen LogP contribution in [-0.4, -0.2) is 16.9 Å². The molecule has 0 radical (unpaired) electrons. The van der Waals surface area contributed by atoms with Crippen LogP contribution in [0.3, 0.4) is 0 Å². The van der Waals surface area contributed by atoms with Crippen molar-refractivity contribution in [1.82, 2.24) is 4.98 Å². The van der Waals surface area contributed by atoms with Crippen molar-refractivity contribution < 1.29 is 4.79 Å². The molecule has 0 saturated heterocycles. The standard InChI is InChI=1S/C17H16N2OS2/c1-12(2)19(14-6-4-3-5-7-14)17(20)15-11-22-16(18-15)13-8-9-21-10-13/h3-12H,1-2H3. The zero-order valence-corrected chi connectivity index (χ0v) is 14.0. The van der Waals surface area contributed by atoms with Gasteiger partial charge in [-0.25, -0.2) is 4.98 Å². The summed E-state index contributed by atoms with van der Waals surface area (Å²) < 4.78 is 0. The van der Waals surface area contributed by atoms with Gasteiger partial charge in [0.05, 0.1) is 0 Å². The van der Waals surface area contributed by atoms with Crippen LogP contribution in [0.2, 0.25) is 0 Å². The van der Waals surface area contributed by atoms with Crippen LogP contribution in [0.15, 0.2) is 52.5 Å². The molecule has 2 heterocycles. The fraction of sp³-hybridized carbons (Fsp3) is 0.176. The van der Waals surface area contributed by atoms with E-state index >= 15 is 0 Å². The highest BCUT2D eigenvalue weighted by atomic mass is 32.1. The molecule has 2 aromatic heterocycles. The van der Waals surface area contributed by atoms with Crippen molar-refractivity contribution in [2.45, 2.75) is 19.9 Å². The third-order valence-corrected chi connectivity index (χ3v) is 4.84. The van der Waals surface area contributed by atoms with E-state index in [0.717, 1.165) is 16.3 Å². The van der Waals surface area contributed by atoms with Crippen molar-refractivity contribution in [2.75, 3.05) is 4.90 Å². The Hall–Kier alpha value is -1.98. The Morgan fingerprint density at radius 2 is 1.91 bits per heavy atom. The lowest BCUT2D eigenvalue weighted by Gasteiger charge is -2.26. The Morgan fingerprint density at radius 3 is 2.55 bits per heavy atom. The predicted octanol–water partition coefficient (Wildman–Crippen LogP) is 4.93. The first-order valence-corrected chi connectivity index (χ1v) is 8.86. The fourth-order valence-electron chi connectivity index (χ4n) is 2.25. The first-order chi connectivity index (χ1) is 10.7. The van der Waals surface area contributed by atoms with Gasteiger partial charge in [-0.2, -0.15) is 11.3 Å². The van der Waals surface area contributed by atoms with Crippen LogP contribution in [-0.2, 0) is 0 Å². The van der Waals surface area contributed by atoms with Gasteiger partial charge >= 0.3 is 0 Å². The normalized spacial score (nSPS) is 10.9. The summed E-state index contributed by atoms with van der Waals surface area (Å²) in [5.41, 5.74) is 2.47. The van der Waals surface area contributed by atoms with Crippen LogP contribution in [0.25, 0.3) is 10.6 Å². The van der Waals surface area contributed by atoms with E-state index in [1.54, 1.807) is 16.2 Å². The molecule has 5 heteroatoms. The number of thiazole rings is 1. The zero-order chi connectivity index (χ0) is 15.5. The predicted molar refractivity (Wildman–Crippen MR) is 93.8 cm³/mol. The van der Waals surface area contributed by atoms with Gasteiger partial charge in [0.1, 0.15) is 10.7 Å². The molecular formula is C17H16N2OS2. The number of hydrogen-bond acceptors (Lipinski definition) is 4. The first-order valence-electron chi connectivity index (χ1n) is 7.03. The second-order valence-corrected chi connectivity index (χ2v) is 6.79. The molecule has 0 spiro atoms. The Morgan fingerprint density at radius 1 is 1.14 bits per heavy atom. The van der Waals surface area contributed by atoms with Crippen LogP contribution in [0.1, 0.15) is 24.3 Å². The molecule has 112 valence electrons.